The quantitative estimate of drug-likeness (QED) is 0.715. The van der Waals surface area contributed by atoms with Crippen molar-refractivity contribution in [1.29, 1.82) is 0 Å². The first-order valence-electron chi connectivity index (χ1n) is 5.64. The molecule has 0 aromatic heterocycles. The van der Waals surface area contributed by atoms with Gasteiger partial charge < -0.3 is 0 Å². The lowest BCUT2D eigenvalue weighted by molar-refractivity contribution is -0.114. The molecule has 0 aliphatic heterocycles. The Bertz CT molecular complexity index is 402. The third-order valence-electron chi connectivity index (χ3n) is 2.95. The van der Waals surface area contributed by atoms with Crippen molar-refractivity contribution in [2.24, 2.45) is 0 Å². The van der Waals surface area contributed by atoms with Crippen LogP contribution in [0.5, 0.6) is 0 Å². The Labute approximate surface area is 90.8 Å². The molecule has 78 valence electrons. The van der Waals surface area contributed by atoms with Crippen LogP contribution in [-0.4, -0.2) is 5.78 Å². The summed E-state index contributed by atoms with van der Waals surface area (Å²) in [7, 11) is 0. The summed E-state index contributed by atoms with van der Waals surface area (Å²) < 4.78 is 0. The van der Waals surface area contributed by atoms with Gasteiger partial charge in [-0.25, -0.2) is 0 Å². The fraction of sp³-hybridized carbons (Fsp3) is 0.357. The SMILES string of the molecule is CCc1ccccc1C1=CCCCC1=O. The second-order valence-electron chi connectivity index (χ2n) is 3.94. The molecule has 0 atom stereocenters. The maximum Gasteiger partial charge on any atom is 0.163 e. The van der Waals surface area contributed by atoms with Gasteiger partial charge in [0, 0.05) is 12.0 Å². The molecule has 15 heavy (non-hydrogen) atoms. The molecule has 0 heterocycles. The van der Waals surface area contributed by atoms with Gasteiger partial charge >= 0.3 is 0 Å². The Kier molecular flexibility index (Phi) is 3.00. The van der Waals surface area contributed by atoms with Crippen LogP contribution >= 0.6 is 0 Å². The molecule has 0 bridgehead atoms. The van der Waals surface area contributed by atoms with E-state index in [0.29, 0.717) is 12.2 Å². The third-order valence-corrected chi connectivity index (χ3v) is 2.95. The van der Waals surface area contributed by atoms with E-state index in [1.807, 2.05) is 12.1 Å². The molecule has 0 saturated carbocycles. The lowest BCUT2D eigenvalue weighted by Crippen LogP contribution is -2.07. The van der Waals surface area contributed by atoms with E-state index >= 15 is 0 Å². The van der Waals surface area contributed by atoms with Crippen LogP contribution < -0.4 is 0 Å². The van der Waals surface area contributed by atoms with Gasteiger partial charge in [0.25, 0.3) is 0 Å². The smallest absolute Gasteiger partial charge is 0.163 e. The number of carbonyl (C=O) groups is 1. The van der Waals surface area contributed by atoms with Crippen LogP contribution in [0, 0.1) is 0 Å². The number of hydrogen-bond donors (Lipinski definition) is 0. The van der Waals surface area contributed by atoms with E-state index in [9.17, 15) is 4.79 Å². The van der Waals surface area contributed by atoms with E-state index in [4.69, 9.17) is 0 Å². The highest BCUT2D eigenvalue weighted by atomic mass is 16.1. The first-order valence-corrected chi connectivity index (χ1v) is 5.64. The minimum atomic E-state index is 0.308. The van der Waals surface area contributed by atoms with Crippen LogP contribution in [0.15, 0.2) is 30.3 Å². The summed E-state index contributed by atoms with van der Waals surface area (Å²) in [6.45, 7) is 2.13. The molecule has 0 fully saturated rings. The lowest BCUT2D eigenvalue weighted by atomic mass is 9.89. The van der Waals surface area contributed by atoms with E-state index in [1.54, 1.807) is 0 Å². The molecule has 1 aliphatic carbocycles. The molecule has 0 saturated heterocycles. The lowest BCUT2D eigenvalue weighted by Gasteiger charge is -2.14. The fourth-order valence-corrected chi connectivity index (χ4v) is 2.11. The van der Waals surface area contributed by atoms with E-state index < -0.39 is 0 Å². The summed E-state index contributed by atoms with van der Waals surface area (Å²) >= 11 is 0. The van der Waals surface area contributed by atoms with Crippen molar-refractivity contribution in [3.05, 3.63) is 41.5 Å². The summed E-state index contributed by atoms with van der Waals surface area (Å²) in [5.41, 5.74) is 3.36. The number of rotatable bonds is 2. The van der Waals surface area contributed by atoms with Gasteiger partial charge in [-0.1, -0.05) is 37.3 Å². The Balaban J connectivity index is 2.44. The summed E-state index contributed by atoms with van der Waals surface area (Å²) in [6, 6.07) is 8.22. The first-order chi connectivity index (χ1) is 7.33. The number of carbonyl (C=O) groups excluding carboxylic acids is 1. The molecule has 0 unspecified atom stereocenters. The van der Waals surface area contributed by atoms with Crippen molar-refractivity contribution in [2.75, 3.05) is 0 Å². The number of Topliss-reactive ketones (excluding diaryl/α,β-unsaturated/α-hetero) is 1. The molecule has 1 heteroatoms. The normalized spacial score (nSPS) is 16.3. The van der Waals surface area contributed by atoms with Crippen LogP contribution in [0.25, 0.3) is 5.57 Å². The van der Waals surface area contributed by atoms with Gasteiger partial charge in [0.15, 0.2) is 5.78 Å². The number of benzene rings is 1. The minimum Gasteiger partial charge on any atom is -0.294 e. The summed E-state index contributed by atoms with van der Waals surface area (Å²) in [5.74, 6) is 0.308. The van der Waals surface area contributed by atoms with E-state index in [1.165, 1.54) is 5.56 Å². The average molecular weight is 200 g/mol. The Morgan fingerprint density at radius 1 is 1.27 bits per heavy atom. The van der Waals surface area contributed by atoms with Gasteiger partial charge in [-0.05, 0) is 30.4 Å². The molecule has 0 amide bonds. The van der Waals surface area contributed by atoms with Crippen molar-refractivity contribution in [2.45, 2.75) is 32.6 Å². The third kappa shape index (κ3) is 2.01. The molecule has 1 aromatic rings. The maximum absolute atomic E-state index is 11.8. The zero-order chi connectivity index (χ0) is 10.7. The predicted octanol–water partition coefficient (Wildman–Crippen LogP) is 3.39. The van der Waals surface area contributed by atoms with Gasteiger partial charge in [0.1, 0.15) is 0 Å². The van der Waals surface area contributed by atoms with E-state index in [0.717, 1.165) is 30.4 Å². The number of ketones is 1. The van der Waals surface area contributed by atoms with Crippen molar-refractivity contribution in [3.8, 4) is 0 Å². The van der Waals surface area contributed by atoms with Crippen LogP contribution in [0.3, 0.4) is 0 Å². The zero-order valence-electron chi connectivity index (χ0n) is 9.12. The molecule has 2 rings (SSSR count). The molecule has 1 aliphatic rings. The molecule has 1 aromatic carbocycles. The number of aryl methyl sites for hydroxylation is 1. The Morgan fingerprint density at radius 3 is 2.80 bits per heavy atom. The standard InChI is InChI=1S/C14H16O/c1-2-11-7-3-4-8-12(11)13-9-5-6-10-14(13)15/h3-4,7-9H,2,5-6,10H2,1H3. The van der Waals surface area contributed by atoms with Crippen LogP contribution in [0.2, 0.25) is 0 Å². The largest absolute Gasteiger partial charge is 0.294 e. The van der Waals surface area contributed by atoms with Crippen LogP contribution in [0.4, 0.5) is 0 Å². The number of allylic oxidation sites excluding steroid dienone is 2. The van der Waals surface area contributed by atoms with E-state index in [2.05, 4.69) is 25.1 Å². The average Bonchev–Trinajstić information content (AvgIpc) is 2.30. The summed E-state index contributed by atoms with van der Waals surface area (Å²) in [6.07, 6.45) is 5.85. The topological polar surface area (TPSA) is 17.1 Å². The Morgan fingerprint density at radius 2 is 2.07 bits per heavy atom. The van der Waals surface area contributed by atoms with Gasteiger partial charge in [0.2, 0.25) is 0 Å². The first kappa shape index (κ1) is 10.2. The zero-order valence-corrected chi connectivity index (χ0v) is 9.12. The van der Waals surface area contributed by atoms with Gasteiger partial charge in [0.05, 0.1) is 0 Å². The monoisotopic (exact) mass is 200 g/mol. The van der Waals surface area contributed by atoms with Gasteiger partial charge in [-0.3, -0.25) is 4.79 Å². The van der Waals surface area contributed by atoms with Crippen molar-refractivity contribution in [3.63, 3.8) is 0 Å². The highest BCUT2D eigenvalue weighted by Gasteiger charge is 2.16. The van der Waals surface area contributed by atoms with Crippen LogP contribution in [-0.2, 0) is 11.2 Å². The minimum absolute atomic E-state index is 0.308. The molecule has 0 radical (unpaired) electrons. The van der Waals surface area contributed by atoms with E-state index in [-0.39, 0.29) is 0 Å². The fourth-order valence-electron chi connectivity index (χ4n) is 2.11. The van der Waals surface area contributed by atoms with Crippen molar-refractivity contribution in [1.82, 2.24) is 0 Å². The van der Waals surface area contributed by atoms with Gasteiger partial charge in [-0.15, -0.1) is 0 Å². The van der Waals surface area contributed by atoms with Gasteiger partial charge in [-0.2, -0.15) is 0 Å². The predicted molar refractivity (Wildman–Crippen MR) is 62.7 cm³/mol. The highest BCUT2D eigenvalue weighted by molar-refractivity contribution is 6.21. The number of hydrogen-bond acceptors (Lipinski definition) is 1. The van der Waals surface area contributed by atoms with Crippen molar-refractivity contribution < 1.29 is 4.79 Å². The summed E-state index contributed by atoms with van der Waals surface area (Å²) in [4.78, 5) is 11.8. The summed E-state index contributed by atoms with van der Waals surface area (Å²) in [5, 5.41) is 0. The van der Waals surface area contributed by atoms with Crippen molar-refractivity contribution >= 4 is 11.4 Å². The molecular formula is C14H16O. The maximum atomic E-state index is 11.8. The molecule has 0 N–H and O–H groups in total. The highest BCUT2D eigenvalue weighted by Crippen LogP contribution is 2.26. The second-order valence-corrected chi connectivity index (χ2v) is 3.94. The molecule has 0 spiro atoms. The van der Waals surface area contributed by atoms with Crippen LogP contribution in [0.1, 0.15) is 37.3 Å². The molecular weight excluding hydrogens is 184 g/mol. The second kappa shape index (κ2) is 4.43. The molecule has 1 nitrogen and oxygen atoms in total. The Hall–Kier alpha value is -1.37.